The van der Waals surface area contributed by atoms with Crippen LogP contribution in [-0.2, 0) is 23.9 Å². The molecule has 36 heavy (non-hydrogen) atoms. The van der Waals surface area contributed by atoms with Crippen molar-refractivity contribution in [2.45, 2.75) is 44.3 Å². The van der Waals surface area contributed by atoms with Gasteiger partial charge in [0.25, 0.3) is 0 Å². The fourth-order valence-electron chi connectivity index (χ4n) is 5.83. The summed E-state index contributed by atoms with van der Waals surface area (Å²) in [6.45, 7) is 5.90. The number of piperidine rings is 1. The molecule has 1 N–H and O–H groups in total. The van der Waals surface area contributed by atoms with E-state index in [9.17, 15) is 4.79 Å². The number of benzene rings is 1. The van der Waals surface area contributed by atoms with Gasteiger partial charge in [-0.05, 0) is 37.0 Å². The number of carbonyl (C=O) groups excluding carboxylic acids is 1. The van der Waals surface area contributed by atoms with Gasteiger partial charge in [-0.1, -0.05) is 18.5 Å². The van der Waals surface area contributed by atoms with Crippen LogP contribution in [0.1, 0.15) is 38.0 Å². The third-order valence-electron chi connectivity index (χ3n) is 7.36. The molecule has 2 bridgehead atoms. The molecule has 190 valence electrons. The SMILES string of the molecule is C[C@H]1C[C@H]2C[C@@](c3nnc(CN4CCOCC4)o3)(C1)N2C(=O)Nc1ccc(Cl)c(-c2ncn(C)n2)c1. The van der Waals surface area contributed by atoms with Crippen molar-refractivity contribution in [3.63, 3.8) is 0 Å². The highest BCUT2D eigenvalue weighted by molar-refractivity contribution is 6.33. The molecule has 12 heteroatoms. The average molecular weight is 513 g/mol. The number of carbonyl (C=O) groups is 1. The molecule has 3 saturated heterocycles. The molecule has 0 unspecified atom stereocenters. The van der Waals surface area contributed by atoms with Gasteiger partial charge in [0.1, 0.15) is 11.9 Å². The number of nitrogens with one attached hydrogen (secondary N) is 1. The maximum Gasteiger partial charge on any atom is 0.323 e. The van der Waals surface area contributed by atoms with E-state index >= 15 is 0 Å². The first kappa shape index (κ1) is 23.4. The van der Waals surface area contributed by atoms with E-state index in [0.717, 1.165) is 32.4 Å². The third kappa shape index (κ3) is 4.14. The molecule has 11 nitrogen and oxygen atoms in total. The zero-order chi connectivity index (χ0) is 24.9. The number of ether oxygens (including phenoxy) is 1. The highest BCUT2D eigenvalue weighted by Gasteiger charge is 2.62. The highest BCUT2D eigenvalue weighted by Crippen LogP contribution is 2.55. The van der Waals surface area contributed by atoms with Gasteiger partial charge in [-0.25, -0.2) is 9.78 Å². The summed E-state index contributed by atoms with van der Waals surface area (Å²) in [4.78, 5) is 22.0. The van der Waals surface area contributed by atoms with Crippen LogP contribution in [0.2, 0.25) is 5.02 Å². The summed E-state index contributed by atoms with van der Waals surface area (Å²) in [5, 5.41) is 16.7. The summed E-state index contributed by atoms with van der Waals surface area (Å²) < 4.78 is 13.2. The second-order valence-electron chi connectivity index (χ2n) is 10.1. The molecule has 0 spiro atoms. The first-order valence-corrected chi connectivity index (χ1v) is 12.7. The largest absolute Gasteiger partial charge is 0.421 e. The lowest BCUT2D eigenvalue weighted by Crippen LogP contribution is -2.70. The molecule has 2 amide bonds. The molecule has 0 radical (unpaired) electrons. The van der Waals surface area contributed by atoms with Gasteiger partial charge >= 0.3 is 6.03 Å². The molecule has 3 atom stereocenters. The van der Waals surface area contributed by atoms with E-state index in [1.165, 1.54) is 0 Å². The smallest absolute Gasteiger partial charge is 0.323 e. The minimum atomic E-state index is -0.583. The second kappa shape index (κ2) is 9.13. The molecule has 4 fully saturated rings. The number of hydrogen-bond acceptors (Lipinski definition) is 8. The van der Waals surface area contributed by atoms with Crippen LogP contribution in [0.25, 0.3) is 11.4 Å². The second-order valence-corrected chi connectivity index (χ2v) is 10.5. The monoisotopic (exact) mass is 512 g/mol. The van der Waals surface area contributed by atoms with Crippen molar-refractivity contribution in [3.05, 3.63) is 41.3 Å². The van der Waals surface area contributed by atoms with Crippen LogP contribution >= 0.6 is 11.6 Å². The average Bonchev–Trinajstić information content (AvgIpc) is 3.49. The van der Waals surface area contributed by atoms with E-state index in [1.807, 2.05) is 4.90 Å². The van der Waals surface area contributed by atoms with Gasteiger partial charge < -0.3 is 19.4 Å². The van der Waals surface area contributed by atoms with E-state index < -0.39 is 5.54 Å². The van der Waals surface area contributed by atoms with Gasteiger partial charge in [0.15, 0.2) is 5.82 Å². The summed E-state index contributed by atoms with van der Waals surface area (Å²) in [7, 11) is 1.79. The lowest BCUT2D eigenvalue weighted by Gasteiger charge is -2.61. The number of rotatable bonds is 5. The number of aromatic nitrogens is 5. The molecule has 5 heterocycles. The molecule has 1 aromatic carbocycles. The van der Waals surface area contributed by atoms with E-state index in [0.29, 0.717) is 59.6 Å². The van der Waals surface area contributed by atoms with Crippen molar-refractivity contribution in [1.82, 2.24) is 34.8 Å². The normalized spacial score (nSPS) is 26.0. The van der Waals surface area contributed by atoms with Crippen molar-refractivity contribution >= 4 is 23.3 Å². The van der Waals surface area contributed by atoms with Crippen molar-refractivity contribution < 1.29 is 13.9 Å². The first-order valence-electron chi connectivity index (χ1n) is 12.3. The summed E-state index contributed by atoms with van der Waals surface area (Å²) in [5.41, 5.74) is 0.700. The molecule has 1 aliphatic carbocycles. The summed E-state index contributed by atoms with van der Waals surface area (Å²) in [6.07, 6.45) is 4.18. The van der Waals surface area contributed by atoms with Crippen molar-refractivity contribution in [3.8, 4) is 11.4 Å². The number of anilines is 1. The Labute approximate surface area is 213 Å². The molecule has 3 aromatic rings. The van der Waals surface area contributed by atoms with Crippen LogP contribution in [0.5, 0.6) is 0 Å². The summed E-state index contributed by atoms with van der Waals surface area (Å²) in [5.74, 6) is 2.06. The van der Waals surface area contributed by atoms with Crippen LogP contribution in [0.3, 0.4) is 0 Å². The van der Waals surface area contributed by atoms with Crippen LogP contribution in [0.15, 0.2) is 28.9 Å². The van der Waals surface area contributed by atoms with Crippen molar-refractivity contribution in [2.24, 2.45) is 13.0 Å². The number of fused-ring (bicyclic) bond motifs is 2. The highest BCUT2D eigenvalue weighted by atomic mass is 35.5. The van der Waals surface area contributed by atoms with Crippen LogP contribution in [0, 0.1) is 5.92 Å². The molecule has 3 aliphatic heterocycles. The third-order valence-corrected chi connectivity index (χ3v) is 7.69. The van der Waals surface area contributed by atoms with Gasteiger partial charge in [-0.3, -0.25) is 9.58 Å². The maximum atomic E-state index is 13.6. The number of halogens is 1. The van der Waals surface area contributed by atoms with Crippen LogP contribution < -0.4 is 5.32 Å². The predicted molar refractivity (Wildman–Crippen MR) is 131 cm³/mol. The Kier molecular flexibility index (Phi) is 5.93. The van der Waals surface area contributed by atoms with E-state index in [-0.39, 0.29) is 12.1 Å². The number of nitrogens with zero attached hydrogens (tertiary/aromatic N) is 7. The standard InChI is InChI=1S/C24H29ClN8O3/c1-15-9-17-12-24(11-15,22-29-28-20(36-22)13-32-5-7-35-8-6-32)33(17)23(34)27-16-3-4-19(25)18(10-16)21-26-14-31(2)30-21/h3-4,10,14-15,17H,5-9,11-13H2,1-2H3,(H,27,34)/t15-,17-,24+/m0/s1. The Morgan fingerprint density at radius 2 is 2.08 bits per heavy atom. The quantitative estimate of drug-likeness (QED) is 0.554. The molecule has 1 saturated carbocycles. The Morgan fingerprint density at radius 1 is 1.25 bits per heavy atom. The summed E-state index contributed by atoms with van der Waals surface area (Å²) in [6, 6.07) is 5.27. The van der Waals surface area contributed by atoms with Crippen LogP contribution in [-0.4, -0.2) is 73.1 Å². The number of hydrogen-bond donors (Lipinski definition) is 1. The summed E-state index contributed by atoms with van der Waals surface area (Å²) >= 11 is 6.40. The van der Waals surface area contributed by atoms with Crippen LogP contribution in [0.4, 0.5) is 10.5 Å². The fourth-order valence-corrected chi connectivity index (χ4v) is 6.03. The zero-order valence-corrected chi connectivity index (χ0v) is 21.1. The molecule has 7 rings (SSSR count). The molecular weight excluding hydrogens is 484 g/mol. The minimum Gasteiger partial charge on any atom is -0.421 e. The van der Waals surface area contributed by atoms with Crippen molar-refractivity contribution in [1.29, 1.82) is 0 Å². The molecular formula is C24H29ClN8O3. The number of amides is 2. The van der Waals surface area contributed by atoms with Crippen molar-refractivity contribution in [2.75, 3.05) is 31.6 Å². The Bertz CT molecular complexity index is 1270. The lowest BCUT2D eigenvalue weighted by atomic mass is 9.64. The van der Waals surface area contributed by atoms with Gasteiger partial charge in [0, 0.05) is 43.9 Å². The van der Waals surface area contributed by atoms with E-state index in [2.05, 4.69) is 37.4 Å². The number of urea groups is 1. The first-order chi connectivity index (χ1) is 17.4. The Hall–Kier alpha value is -3.02. The minimum absolute atomic E-state index is 0.132. The van der Waals surface area contributed by atoms with E-state index in [1.54, 1.807) is 36.3 Å². The Morgan fingerprint density at radius 3 is 2.86 bits per heavy atom. The lowest BCUT2D eigenvalue weighted by molar-refractivity contribution is -0.110. The van der Waals surface area contributed by atoms with Gasteiger partial charge in [0.2, 0.25) is 11.8 Å². The molecule has 2 aromatic heterocycles. The zero-order valence-electron chi connectivity index (χ0n) is 20.4. The van der Waals surface area contributed by atoms with E-state index in [4.69, 9.17) is 20.8 Å². The number of morpholine rings is 1. The van der Waals surface area contributed by atoms with Gasteiger partial charge in [0.05, 0.1) is 24.8 Å². The van der Waals surface area contributed by atoms with Gasteiger partial charge in [-0.15, -0.1) is 10.2 Å². The van der Waals surface area contributed by atoms with Gasteiger partial charge in [-0.2, -0.15) is 5.10 Å². The predicted octanol–water partition coefficient (Wildman–Crippen LogP) is 3.28. The topological polar surface area (TPSA) is 114 Å². The maximum absolute atomic E-state index is 13.6. The Balaban J connectivity index is 1.22. The molecule has 4 aliphatic rings. The fraction of sp³-hybridized carbons (Fsp3) is 0.542. The number of aryl methyl sites for hydroxylation is 1.